The van der Waals surface area contributed by atoms with Crippen molar-refractivity contribution >= 4 is 27.3 Å². The van der Waals surface area contributed by atoms with Gasteiger partial charge in [-0.25, -0.2) is 9.11 Å². The molecule has 1 aromatic heterocycles. The molecule has 3 aromatic rings. The molecule has 1 aliphatic rings. The van der Waals surface area contributed by atoms with Gasteiger partial charge in [0.05, 0.1) is 0 Å². The van der Waals surface area contributed by atoms with Gasteiger partial charge in [-0.1, -0.05) is 30.3 Å². The van der Waals surface area contributed by atoms with Gasteiger partial charge < -0.3 is 9.73 Å². The van der Waals surface area contributed by atoms with Crippen molar-refractivity contribution in [2.45, 2.75) is 38.3 Å². The molecule has 0 saturated heterocycles. The maximum Gasteiger partial charge on any atom is 0.295 e. The van der Waals surface area contributed by atoms with Gasteiger partial charge in [-0.05, 0) is 49.3 Å². The van der Waals surface area contributed by atoms with E-state index in [2.05, 4.69) is 15.0 Å². The Morgan fingerprint density at radius 2 is 1.87 bits per heavy atom. The van der Waals surface area contributed by atoms with Crippen LogP contribution in [0.25, 0.3) is 11.1 Å². The predicted molar refractivity (Wildman–Crippen MR) is 118 cm³/mol. The van der Waals surface area contributed by atoms with Crippen molar-refractivity contribution in [2.75, 3.05) is 18.9 Å². The number of anilines is 1. The highest BCUT2D eigenvalue weighted by atomic mass is 32.2. The first kappa shape index (κ1) is 21.7. The first-order valence-electron chi connectivity index (χ1n) is 10.5. The minimum absolute atomic E-state index is 0.192. The fourth-order valence-electron chi connectivity index (χ4n) is 4.08. The monoisotopic (exact) mass is 446 g/mol. The molecule has 2 N–H and O–H groups in total. The molecule has 0 aliphatic heterocycles. The van der Waals surface area contributed by atoms with Crippen LogP contribution in [0, 0.1) is 11.7 Å². The summed E-state index contributed by atoms with van der Waals surface area (Å²) in [6.07, 6.45) is 3.57. The first-order chi connectivity index (χ1) is 14.9. The number of nitrogens with zero attached hydrogens (tertiary/aromatic N) is 2. The third-order valence-electron chi connectivity index (χ3n) is 5.79. The first-order valence-corrected chi connectivity index (χ1v) is 11.9. The minimum Gasteiger partial charge on any atom is -0.423 e. The van der Waals surface area contributed by atoms with Crippen LogP contribution >= 0.6 is 0 Å². The summed E-state index contributed by atoms with van der Waals surface area (Å²) in [4.78, 5) is 4.37. The lowest BCUT2D eigenvalue weighted by atomic mass is 9.86. The van der Waals surface area contributed by atoms with Crippen LogP contribution in [0.5, 0.6) is 0 Å². The van der Waals surface area contributed by atoms with Gasteiger partial charge in [0.15, 0.2) is 5.58 Å². The molecule has 7 nitrogen and oxygen atoms in total. The molecule has 0 unspecified atom stereocenters. The second kappa shape index (κ2) is 9.33. The summed E-state index contributed by atoms with van der Waals surface area (Å²) in [5.74, 6) is -0.0742. The normalized spacial score (nSPS) is 19.7. The molecule has 9 heteroatoms. The summed E-state index contributed by atoms with van der Waals surface area (Å²) in [6.45, 7) is 0.828. The third-order valence-corrected chi connectivity index (χ3v) is 7.26. The topological polar surface area (TPSA) is 87.5 Å². The number of oxazole rings is 1. The maximum absolute atomic E-state index is 13.3. The Labute approximate surface area is 181 Å². The molecule has 0 amide bonds. The molecule has 0 radical (unpaired) electrons. The summed E-state index contributed by atoms with van der Waals surface area (Å²) < 4.78 is 48.0. The van der Waals surface area contributed by atoms with Crippen molar-refractivity contribution in [1.29, 1.82) is 0 Å². The summed E-state index contributed by atoms with van der Waals surface area (Å²) >= 11 is 0. The number of hydrogen-bond acceptors (Lipinski definition) is 5. The van der Waals surface area contributed by atoms with E-state index in [9.17, 15) is 12.8 Å². The molecule has 1 fully saturated rings. The van der Waals surface area contributed by atoms with Gasteiger partial charge in [-0.3, -0.25) is 0 Å². The molecule has 166 valence electrons. The highest BCUT2D eigenvalue weighted by Gasteiger charge is 2.28. The average molecular weight is 447 g/mol. The largest absolute Gasteiger partial charge is 0.423 e. The van der Waals surface area contributed by atoms with Gasteiger partial charge in [-0.15, -0.1) is 0 Å². The van der Waals surface area contributed by atoms with Gasteiger partial charge in [0.2, 0.25) is 0 Å². The SMILES string of the molecule is CNS(=O)(=O)N(Cc1ccccc1)CC1CCC(Nc2nc3ccc(F)cc3o2)CC1. The zero-order valence-corrected chi connectivity index (χ0v) is 18.2. The number of nitrogens with one attached hydrogen (secondary N) is 2. The Morgan fingerprint density at radius 1 is 1.13 bits per heavy atom. The molecule has 1 saturated carbocycles. The van der Waals surface area contributed by atoms with E-state index in [1.54, 1.807) is 6.07 Å². The molecule has 1 aliphatic carbocycles. The van der Waals surface area contributed by atoms with Crippen LogP contribution in [0.4, 0.5) is 10.4 Å². The number of fused-ring (bicyclic) bond motifs is 1. The van der Waals surface area contributed by atoms with Crippen molar-refractivity contribution in [3.05, 3.63) is 59.9 Å². The van der Waals surface area contributed by atoms with E-state index in [-0.39, 0.29) is 17.8 Å². The van der Waals surface area contributed by atoms with E-state index in [1.807, 2.05) is 30.3 Å². The van der Waals surface area contributed by atoms with Crippen molar-refractivity contribution in [3.8, 4) is 0 Å². The van der Waals surface area contributed by atoms with Gasteiger partial charge in [0.25, 0.3) is 16.2 Å². The van der Waals surface area contributed by atoms with Crippen molar-refractivity contribution < 1.29 is 17.2 Å². The molecule has 31 heavy (non-hydrogen) atoms. The van der Waals surface area contributed by atoms with Gasteiger partial charge in [0, 0.05) is 32.2 Å². The van der Waals surface area contributed by atoms with Crippen LogP contribution in [0.2, 0.25) is 0 Å². The number of aromatic nitrogens is 1. The summed E-state index contributed by atoms with van der Waals surface area (Å²) in [6, 6.07) is 14.5. The Balaban J connectivity index is 1.35. The molecule has 1 heterocycles. The Kier molecular flexibility index (Phi) is 6.54. The van der Waals surface area contributed by atoms with E-state index in [0.717, 1.165) is 31.2 Å². The molecule has 0 bridgehead atoms. The number of benzene rings is 2. The summed E-state index contributed by atoms with van der Waals surface area (Å²) in [7, 11) is -2.08. The lowest BCUT2D eigenvalue weighted by Gasteiger charge is -2.32. The Bertz CT molecular complexity index is 1110. The molecule has 0 spiro atoms. The van der Waals surface area contributed by atoms with Gasteiger partial charge in [0.1, 0.15) is 11.3 Å². The van der Waals surface area contributed by atoms with E-state index in [4.69, 9.17) is 4.42 Å². The van der Waals surface area contributed by atoms with Crippen LogP contribution in [0.3, 0.4) is 0 Å². The highest BCUT2D eigenvalue weighted by Crippen LogP contribution is 2.29. The van der Waals surface area contributed by atoms with Crippen LogP contribution < -0.4 is 10.0 Å². The third kappa shape index (κ3) is 5.41. The quantitative estimate of drug-likeness (QED) is 0.548. The van der Waals surface area contributed by atoms with Gasteiger partial charge in [-0.2, -0.15) is 17.7 Å². The van der Waals surface area contributed by atoms with Crippen molar-refractivity contribution in [3.63, 3.8) is 0 Å². The van der Waals surface area contributed by atoms with E-state index in [0.29, 0.717) is 30.2 Å². The van der Waals surface area contributed by atoms with E-state index in [1.165, 1.54) is 23.5 Å². The zero-order chi connectivity index (χ0) is 21.8. The van der Waals surface area contributed by atoms with Crippen LogP contribution in [-0.2, 0) is 16.8 Å². The predicted octanol–water partition coefficient (Wildman–Crippen LogP) is 3.90. The van der Waals surface area contributed by atoms with Crippen molar-refractivity contribution in [2.24, 2.45) is 5.92 Å². The number of rotatable bonds is 8. The van der Waals surface area contributed by atoms with Crippen LogP contribution in [-0.4, -0.2) is 37.3 Å². The van der Waals surface area contributed by atoms with Crippen LogP contribution in [0.1, 0.15) is 31.2 Å². The molecule has 4 rings (SSSR count). The summed E-state index contributed by atoms with van der Waals surface area (Å²) in [5.41, 5.74) is 2.00. The maximum atomic E-state index is 13.3. The second-order valence-corrected chi connectivity index (χ2v) is 9.86. The van der Waals surface area contributed by atoms with Crippen molar-refractivity contribution in [1.82, 2.24) is 14.0 Å². The minimum atomic E-state index is -3.53. The molecule has 2 aromatic carbocycles. The lowest BCUT2D eigenvalue weighted by molar-refractivity contribution is 0.264. The lowest BCUT2D eigenvalue weighted by Crippen LogP contribution is -2.42. The zero-order valence-electron chi connectivity index (χ0n) is 17.4. The Hall–Kier alpha value is -2.49. The highest BCUT2D eigenvalue weighted by molar-refractivity contribution is 7.87. The average Bonchev–Trinajstić information content (AvgIpc) is 3.16. The summed E-state index contributed by atoms with van der Waals surface area (Å²) in [5, 5.41) is 3.30. The van der Waals surface area contributed by atoms with E-state index < -0.39 is 10.2 Å². The van der Waals surface area contributed by atoms with Crippen LogP contribution in [0.15, 0.2) is 52.9 Å². The fourth-order valence-corrected chi connectivity index (χ4v) is 5.06. The molecule has 0 atom stereocenters. The smallest absolute Gasteiger partial charge is 0.295 e. The number of halogens is 1. The van der Waals surface area contributed by atoms with Gasteiger partial charge >= 0.3 is 0 Å². The fraction of sp³-hybridized carbons (Fsp3) is 0.409. The standard InChI is InChI=1S/C22H27FN4O3S/c1-24-31(28,29)27(14-16-5-3-2-4-6-16)15-17-7-10-19(11-8-17)25-22-26-20-12-9-18(23)13-21(20)30-22/h2-6,9,12-13,17,19,24H,7-8,10-11,14-15H2,1H3,(H,25,26). The second-order valence-electron chi connectivity index (χ2n) is 7.98. The molecular weight excluding hydrogens is 419 g/mol. The number of hydrogen-bond donors (Lipinski definition) is 2. The Morgan fingerprint density at radius 3 is 2.58 bits per heavy atom. The molecular formula is C22H27FN4O3S. The van der Waals surface area contributed by atoms with E-state index >= 15 is 0 Å².